The van der Waals surface area contributed by atoms with Crippen LogP contribution >= 0.6 is 0 Å². The van der Waals surface area contributed by atoms with Crippen molar-refractivity contribution in [1.82, 2.24) is 10.2 Å². The largest absolute Gasteiger partial charge is 0.421 e. The molecule has 4 heteroatoms. The molecule has 0 spiro atoms. The van der Waals surface area contributed by atoms with Gasteiger partial charge in [0.1, 0.15) is 5.82 Å². The molecule has 0 saturated heterocycles. The predicted molar refractivity (Wildman–Crippen MR) is 70.9 cm³/mol. The normalized spacial score (nSPS) is 15.4. The van der Waals surface area contributed by atoms with Crippen LogP contribution < -0.4 is 0 Å². The summed E-state index contributed by atoms with van der Waals surface area (Å²) in [5.74, 6) is 0.622. The van der Waals surface area contributed by atoms with Crippen LogP contribution in [0.4, 0.5) is 4.39 Å². The maximum atomic E-state index is 14.2. The van der Waals surface area contributed by atoms with Gasteiger partial charge in [0.05, 0.1) is 0 Å². The summed E-state index contributed by atoms with van der Waals surface area (Å²) in [5, 5.41) is 7.66. The van der Waals surface area contributed by atoms with Crippen LogP contribution in [-0.4, -0.2) is 10.2 Å². The van der Waals surface area contributed by atoms with E-state index < -0.39 is 0 Å². The van der Waals surface area contributed by atoms with E-state index in [1.807, 2.05) is 6.07 Å². The highest BCUT2D eigenvalue weighted by Crippen LogP contribution is 2.30. The van der Waals surface area contributed by atoms with E-state index in [4.69, 9.17) is 4.42 Å². The molecule has 1 aliphatic rings. The number of aromatic nitrogens is 2. The lowest BCUT2D eigenvalue weighted by Gasteiger charge is -2.13. The van der Waals surface area contributed by atoms with Gasteiger partial charge in [-0.1, -0.05) is 12.1 Å². The fourth-order valence-corrected chi connectivity index (χ4v) is 2.40. The molecule has 0 radical (unpaired) electrons. The first kappa shape index (κ1) is 12.1. The summed E-state index contributed by atoms with van der Waals surface area (Å²) in [5.41, 5.74) is 2.43. The van der Waals surface area contributed by atoms with Crippen LogP contribution in [-0.2, 0) is 0 Å². The van der Waals surface area contributed by atoms with Gasteiger partial charge in [-0.2, -0.15) is 0 Å². The molecule has 0 aliphatic heterocycles. The lowest BCUT2D eigenvalue weighted by atomic mass is 9.93. The number of aryl methyl sites for hydroxylation is 1. The Bertz CT molecular complexity index is 631. The van der Waals surface area contributed by atoms with Crippen molar-refractivity contribution in [3.63, 3.8) is 0 Å². The summed E-state index contributed by atoms with van der Waals surface area (Å²) < 4.78 is 19.5. The van der Waals surface area contributed by atoms with Gasteiger partial charge in [-0.05, 0) is 43.4 Å². The number of allylic oxidation sites excluding steroid dienone is 2. The number of rotatable bonds is 2. The van der Waals surface area contributed by atoms with E-state index in [2.05, 4.69) is 16.3 Å². The average Bonchev–Trinajstić information content (AvgIpc) is 2.86. The van der Waals surface area contributed by atoms with Crippen LogP contribution in [0.25, 0.3) is 17.0 Å². The van der Waals surface area contributed by atoms with E-state index in [0.29, 0.717) is 22.9 Å². The van der Waals surface area contributed by atoms with Crippen molar-refractivity contribution in [2.45, 2.75) is 32.6 Å². The number of hydrogen-bond acceptors (Lipinski definition) is 3. The van der Waals surface area contributed by atoms with Crippen LogP contribution in [0.1, 0.15) is 37.1 Å². The maximum absolute atomic E-state index is 14.2. The third kappa shape index (κ3) is 2.43. The maximum Gasteiger partial charge on any atom is 0.247 e. The SMILES string of the molecule is Cc1nnc(-c2ccc(C3=CCCCC3)c(F)c2)o1. The Hall–Kier alpha value is -1.97. The second-order valence-corrected chi connectivity index (χ2v) is 4.80. The molecule has 0 N–H and O–H groups in total. The first-order valence-corrected chi connectivity index (χ1v) is 6.53. The summed E-state index contributed by atoms with van der Waals surface area (Å²) in [7, 11) is 0. The van der Waals surface area contributed by atoms with Crippen LogP contribution in [0.3, 0.4) is 0 Å². The molecular weight excluding hydrogens is 243 g/mol. The summed E-state index contributed by atoms with van der Waals surface area (Å²) >= 11 is 0. The first-order valence-electron chi connectivity index (χ1n) is 6.53. The van der Waals surface area contributed by atoms with Gasteiger partial charge in [-0.25, -0.2) is 4.39 Å². The van der Waals surface area contributed by atoms with E-state index in [1.54, 1.807) is 13.0 Å². The van der Waals surface area contributed by atoms with Crippen LogP contribution in [0.2, 0.25) is 0 Å². The summed E-state index contributed by atoms with van der Waals surface area (Å²) in [6.45, 7) is 1.72. The van der Waals surface area contributed by atoms with Gasteiger partial charge in [-0.15, -0.1) is 10.2 Å². The molecule has 98 valence electrons. The van der Waals surface area contributed by atoms with Crippen LogP contribution in [0.5, 0.6) is 0 Å². The zero-order valence-electron chi connectivity index (χ0n) is 10.8. The highest BCUT2D eigenvalue weighted by molar-refractivity contribution is 5.69. The van der Waals surface area contributed by atoms with E-state index in [1.165, 1.54) is 12.5 Å². The number of halogens is 1. The summed E-state index contributed by atoms with van der Waals surface area (Å²) in [4.78, 5) is 0. The molecule has 3 rings (SSSR count). The molecule has 1 aromatic heterocycles. The lowest BCUT2D eigenvalue weighted by molar-refractivity contribution is 0.531. The fraction of sp³-hybridized carbons (Fsp3) is 0.333. The minimum absolute atomic E-state index is 0.221. The van der Waals surface area contributed by atoms with Gasteiger partial charge >= 0.3 is 0 Å². The molecule has 0 bridgehead atoms. The van der Waals surface area contributed by atoms with E-state index in [-0.39, 0.29) is 5.82 Å². The smallest absolute Gasteiger partial charge is 0.247 e. The highest BCUT2D eigenvalue weighted by Gasteiger charge is 2.13. The molecule has 1 aromatic carbocycles. The molecule has 3 nitrogen and oxygen atoms in total. The Balaban J connectivity index is 1.95. The lowest BCUT2D eigenvalue weighted by Crippen LogP contribution is -1.95. The average molecular weight is 258 g/mol. The van der Waals surface area contributed by atoms with Crippen molar-refractivity contribution < 1.29 is 8.81 Å². The van der Waals surface area contributed by atoms with Gasteiger partial charge in [-0.3, -0.25) is 0 Å². The van der Waals surface area contributed by atoms with Gasteiger partial charge in [0.25, 0.3) is 0 Å². The van der Waals surface area contributed by atoms with Gasteiger partial charge in [0.2, 0.25) is 11.8 Å². The van der Waals surface area contributed by atoms with Gasteiger partial charge in [0.15, 0.2) is 0 Å². The number of benzene rings is 1. The second-order valence-electron chi connectivity index (χ2n) is 4.80. The number of hydrogen-bond donors (Lipinski definition) is 0. The van der Waals surface area contributed by atoms with E-state index in [0.717, 1.165) is 24.8 Å². The summed E-state index contributed by atoms with van der Waals surface area (Å²) in [6, 6.07) is 5.11. The zero-order chi connectivity index (χ0) is 13.2. The molecule has 0 amide bonds. The molecule has 0 fully saturated rings. The van der Waals surface area contributed by atoms with Gasteiger partial charge in [0, 0.05) is 18.1 Å². The molecule has 0 unspecified atom stereocenters. The minimum Gasteiger partial charge on any atom is -0.421 e. The van der Waals surface area contributed by atoms with E-state index in [9.17, 15) is 4.39 Å². The minimum atomic E-state index is -0.221. The molecular formula is C15H15FN2O. The Morgan fingerprint density at radius 1 is 1.21 bits per heavy atom. The van der Waals surface area contributed by atoms with E-state index >= 15 is 0 Å². The van der Waals surface area contributed by atoms with Crippen molar-refractivity contribution in [2.75, 3.05) is 0 Å². The second kappa shape index (κ2) is 4.96. The Morgan fingerprint density at radius 2 is 2.11 bits per heavy atom. The molecule has 2 aromatic rings. The molecule has 0 saturated carbocycles. The third-order valence-corrected chi connectivity index (χ3v) is 3.38. The van der Waals surface area contributed by atoms with Crippen molar-refractivity contribution >= 4 is 5.57 Å². The first-order chi connectivity index (χ1) is 9.24. The van der Waals surface area contributed by atoms with Crippen LogP contribution in [0, 0.1) is 12.7 Å². The Labute approximate surface area is 111 Å². The molecule has 0 atom stereocenters. The Morgan fingerprint density at radius 3 is 2.74 bits per heavy atom. The number of nitrogens with zero attached hydrogens (tertiary/aromatic N) is 2. The van der Waals surface area contributed by atoms with Crippen molar-refractivity contribution in [2.24, 2.45) is 0 Å². The van der Waals surface area contributed by atoms with Crippen LogP contribution in [0.15, 0.2) is 28.7 Å². The zero-order valence-corrected chi connectivity index (χ0v) is 10.8. The standard InChI is InChI=1S/C15H15FN2O/c1-10-17-18-15(19-10)12-7-8-13(14(16)9-12)11-5-3-2-4-6-11/h5,7-9H,2-4,6H2,1H3. The van der Waals surface area contributed by atoms with Crippen molar-refractivity contribution in [3.05, 3.63) is 41.5 Å². The van der Waals surface area contributed by atoms with Crippen molar-refractivity contribution in [3.8, 4) is 11.5 Å². The summed E-state index contributed by atoms with van der Waals surface area (Å²) in [6.07, 6.45) is 6.47. The predicted octanol–water partition coefficient (Wildman–Crippen LogP) is 4.14. The topological polar surface area (TPSA) is 38.9 Å². The monoisotopic (exact) mass is 258 g/mol. The fourth-order valence-electron chi connectivity index (χ4n) is 2.40. The quantitative estimate of drug-likeness (QED) is 0.812. The molecule has 19 heavy (non-hydrogen) atoms. The van der Waals surface area contributed by atoms with Gasteiger partial charge < -0.3 is 4.42 Å². The molecule has 1 heterocycles. The molecule has 1 aliphatic carbocycles. The Kier molecular flexibility index (Phi) is 3.15. The van der Waals surface area contributed by atoms with Crippen molar-refractivity contribution in [1.29, 1.82) is 0 Å². The highest BCUT2D eigenvalue weighted by atomic mass is 19.1. The third-order valence-electron chi connectivity index (χ3n) is 3.38.